The molecule has 21 heavy (non-hydrogen) atoms. The molecule has 0 spiro atoms. The van der Waals surface area contributed by atoms with E-state index in [-0.39, 0.29) is 12.2 Å². The Hall–Kier alpha value is -0.620. The summed E-state index contributed by atoms with van der Waals surface area (Å²) < 4.78 is 12.2. The van der Waals surface area contributed by atoms with Gasteiger partial charge in [-0.1, -0.05) is 15.9 Å². The van der Waals surface area contributed by atoms with Crippen LogP contribution in [-0.4, -0.2) is 37.6 Å². The molecule has 1 saturated carbocycles. The minimum atomic E-state index is -0.345. The van der Waals surface area contributed by atoms with Crippen molar-refractivity contribution in [2.75, 3.05) is 20.3 Å². The number of rotatable bonds is 7. The van der Waals surface area contributed by atoms with Gasteiger partial charge in [-0.25, -0.2) is 0 Å². The van der Waals surface area contributed by atoms with Crippen LogP contribution < -0.4 is 10.1 Å². The molecule has 2 rings (SSSR count). The summed E-state index contributed by atoms with van der Waals surface area (Å²) in [6.45, 7) is 4.25. The highest BCUT2D eigenvalue weighted by atomic mass is 79.9. The first-order chi connectivity index (χ1) is 10.1. The molecule has 4 nitrogen and oxygen atoms in total. The van der Waals surface area contributed by atoms with Crippen molar-refractivity contribution in [3.8, 4) is 5.75 Å². The van der Waals surface area contributed by atoms with Crippen molar-refractivity contribution in [2.24, 2.45) is 0 Å². The maximum absolute atomic E-state index is 9.97. The third-order valence-corrected chi connectivity index (χ3v) is 4.26. The van der Waals surface area contributed by atoms with Crippen LogP contribution in [-0.2, 0) is 11.3 Å². The summed E-state index contributed by atoms with van der Waals surface area (Å²) in [5, 5.41) is 13.3. The average Bonchev–Trinajstić information content (AvgIpc) is 2.84. The summed E-state index contributed by atoms with van der Waals surface area (Å²) in [6.07, 6.45) is 2.36. The molecule has 2 N–H and O–H groups in total. The Morgan fingerprint density at radius 1 is 1.38 bits per heavy atom. The number of nitrogens with one attached hydrogen (secondary N) is 1. The molecule has 2 atom stereocenters. The Morgan fingerprint density at radius 3 is 2.86 bits per heavy atom. The second kappa shape index (κ2) is 8.13. The van der Waals surface area contributed by atoms with Gasteiger partial charge in [-0.3, -0.25) is 0 Å². The molecular formula is C16H24BrNO3. The standard InChI is InChI=1S/C16H24BrNO3/c1-11-8-13(17)9-12(10-18-6-7-20-2)16(11)21-15-5-3-4-14(15)19/h8-9,14-15,18-19H,3-7,10H2,1-2H3. The van der Waals surface area contributed by atoms with Gasteiger partial charge in [0.05, 0.1) is 12.7 Å². The molecule has 0 heterocycles. The third kappa shape index (κ3) is 4.68. The third-order valence-electron chi connectivity index (χ3n) is 3.80. The van der Waals surface area contributed by atoms with E-state index in [0.717, 1.165) is 53.7 Å². The maximum Gasteiger partial charge on any atom is 0.127 e. The zero-order chi connectivity index (χ0) is 15.2. The molecule has 1 aromatic carbocycles. The monoisotopic (exact) mass is 357 g/mol. The predicted octanol–water partition coefficient (Wildman–Crippen LogP) is 2.79. The van der Waals surface area contributed by atoms with Crippen molar-refractivity contribution >= 4 is 15.9 Å². The maximum atomic E-state index is 9.97. The SMILES string of the molecule is COCCNCc1cc(Br)cc(C)c1OC1CCCC1O. The fraction of sp³-hybridized carbons (Fsp3) is 0.625. The number of aliphatic hydroxyl groups excluding tert-OH is 1. The Morgan fingerprint density at radius 2 is 2.19 bits per heavy atom. The van der Waals surface area contributed by atoms with Crippen molar-refractivity contribution in [3.63, 3.8) is 0 Å². The number of halogens is 1. The van der Waals surface area contributed by atoms with Crippen LogP contribution in [0.4, 0.5) is 0 Å². The normalized spacial score (nSPS) is 21.7. The largest absolute Gasteiger partial charge is 0.487 e. The number of ether oxygens (including phenoxy) is 2. The molecule has 0 saturated heterocycles. The molecule has 0 bridgehead atoms. The fourth-order valence-corrected chi connectivity index (χ4v) is 3.31. The summed E-state index contributed by atoms with van der Waals surface area (Å²) in [7, 11) is 1.70. The summed E-state index contributed by atoms with van der Waals surface area (Å²) in [4.78, 5) is 0. The van der Waals surface area contributed by atoms with Crippen LogP contribution in [0.1, 0.15) is 30.4 Å². The minimum Gasteiger partial charge on any atom is -0.487 e. The van der Waals surface area contributed by atoms with Crippen LogP contribution >= 0.6 is 15.9 Å². The predicted molar refractivity (Wildman–Crippen MR) is 86.7 cm³/mol. The van der Waals surface area contributed by atoms with Crippen molar-refractivity contribution < 1.29 is 14.6 Å². The zero-order valence-corrected chi connectivity index (χ0v) is 14.3. The van der Waals surface area contributed by atoms with Crippen LogP contribution in [0.25, 0.3) is 0 Å². The number of hydrogen-bond acceptors (Lipinski definition) is 4. The number of aliphatic hydroxyl groups is 1. The zero-order valence-electron chi connectivity index (χ0n) is 12.7. The van der Waals surface area contributed by atoms with Crippen LogP contribution in [0, 0.1) is 6.92 Å². The van der Waals surface area contributed by atoms with Gasteiger partial charge in [-0.15, -0.1) is 0 Å². The molecule has 1 aliphatic rings. The second-order valence-corrected chi connectivity index (χ2v) is 6.45. The highest BCUT2D eigenvalue weighted by Crippen LogP contribution is 2.32. The summed E-state index contributed by atoms with van der Waals surface area (Å²) in [5.74, 6) is 0.897. The van der Waals surface area contributed by atoms with Gasteiger partial charge in [0.15, 0.2) is 0 Å². The van der Waals surface area contributed by atoms with Crippen molar-refractivity contribution in [1.82, 2.24) is 5.32 Å². The fourth-order valence-electron chi connectivity index (χ4n) is 2.69. The first kappa shape index (κ1) is 16.7. The number of methoxy groups -OCH3 is 1. The van der Waals surface area contributed by atoms with E-state index in [0.29, 0.717) is 6.61 Å². The molecule has 5 heteroatoms. The van der Waals surface area contributed by atoms with Gasteiger partial charge >= 0.3 is 0 Å². The van der Waals surface area contributed by atoms with Crippen LogP contribution in [0.2, 0.25) is 0 Å². The van der Waals surface area contributed by atoms with E-state index in [9.17, 15) is 5.11 Å². The van der Waals surface area contributed by atoms with Crippen LogP contribution in [0.5, 0.6) is 5.75 Å². The van der Waals surface area contributed by atoms with E-state index < -0.39 is 0 Å². The van der Waals surface area contributed by atoms with Crippen molar-refractivity contribution in [1.29, 1.82) is 0 Å². The molecule has 0 aromatic heterocycles. The van der Waals surface area contributed by atoms with Gasteiger partial charge in [0, 0.05) is 30.2 Å². The van der Waals surface area contributed by atoms with Gasteiger partial charge in [-0.2, -0.15) is 0 Å². The minimum absolute atomic E-state index is 0.0809. The summed E-state index contributed by atoms with van der Waals surface area (Å²) in [6, 6.07) is 4.12. The lowest BCUT2D eigenvalue weighted by molar-refractivity contribution is 0.0592. The lowest BCUT2D eigenvalue weighted by Gasteiger charge is -2.22. The average molecular weight is 358 g/mol. The van der Waals surface area contributed by atoms with E-state index in [1.165, 1.54) is 0 Å². The van der Waals surface area contributed by atoms with E-state index in [4.69, 9.17) is 9.47 Å². The van der Waals surface area contributed by atoms with Crippen molar-refractivity contribution in [3.05, 3.63) is 27.7 Å². The van der Waals surface area contributed by atoms with Gasteiger partial charge < -0.3 is 19.9 Å². The Balaban J connectivity index is 2.09. The molecule has 0 aliphatic heterocycles. The molecular weight excluding hydrogens is 334 g/mol. The van der Waals surface area contributed by atoms with Gasteiger partial charge in [-0.05, 0) is 43.9 Å². The first-order valence-electron chi connectivity index (χ1n) is 7.45. The van der Waals surface area contributed by atoms with Crippen LogP contribution in [0.15, 0.2) is 16.6 Å². The van der Waals surface area contributed by atoms with Crippen molar-refractivity contribution in [2.45, 2.75) is 44.9 Å². The van der Waals surface area contributed by atoms with E-state index in [1.54, 1.807) is 7.11 Å². The van der Waals surface area contributed by atoms with Gasteiger partial charge in [0.25, 0.3) is 0 Å². The molecule has 1 aromatic rings. The lowest BCUT2D eigenvalue weighted by Crippen LogP contribution is -2.27. The Kier molecular flexibility index (Phi) is 6.48. The molecule has 1 fully saturated rings. The molecule has 2 unspecified atom stereocenters. The quantitative estimate of drug-likeness (QED) is 0.736. The van der Waals surface area contributed by atoms with Crippen LogP contribution in [0.3, 0.4) is 0 Å². The Bertz CT molecular complexity index is 467. The highest BCUT2D eigenvalue weighted by molar-refractivity contribution is 9.10. The topological polar surface area (TPSA) is 50.7 Å². The molecule has 118 valence electrons. The molecule has 0 radical (unpaired) electrons. The number of aryl methyl sites for hydroxylation is 1. The van der Waals surface area contributed by atoms with E-state index in [1.807, 2.05) is 6.92 Å². The highest BCUT2D eigenvalue weighted by Gasteiger charge is 2.28. The summed E-state index contributed by atoms with van der Waals surface area (Å²) >= 11 is 3.54. The first-order valence-corrected chi connectivity index (χ1v) is 8.24. The second-order valence-electron chi connectivity index (χ2n) is 5.54. The van der Waals surface area contributed by atoms with E-state index >= 15 is 0 Å². The molecule has 1 aliphatic carbocycles. The molecule has 0 amide bonds. The summed E-state index contributed by atoms with van der Waals surface area (Å²) in [5.41, 5.74) is 2.20. The Labute approximate surface area is 135 Å². The van der Waals surface area contributed by atoms with E-state index in [2.05, 4.69) is 33.4 Å². The smallest absolute Gasteiger partial charge is 0.127 e. The number of hydrogen-bond donors (Lipinski definition) is 2. The van der Waals surface area contributed by atoms with Gasteiger partial charge in [0.1, 0.15) is 11.9 Å². The number of benzene rings is 1. The van der Waals surface area contributed by atoms with Gasteiger partial charge in [0.2, 0.25) is 0 Å². The lowest BCUT2D eigenvalue weighted by atomic mass is 10.1.